The maximum absolute atomic E-state index is 5.89. The van der Waals surface area contributed by atoms with E-state index >= 15 is 0 Å². The van der Waals surface area contributed by atoms with Crippen LogP contribution >= 0.6 is 11.8 Å². The molecule has 0 aliphatic carbocycles. The van der Waals surface area contributed by atoms with E-state index in [9.17, 15) is 0 Å². The van der Waals surface area contributed by atoms with Crippen LogP contribution < -0.4 is 9.64 Å². The van der Waals surface area contributed by atoms with E-state index in [2.05, 4.69) is 42.0 Å². The number of hydrogen-bond donors (Lipinski definition) is 0. The first-order chi connectivity index (χ1) is 16.3. The van der Waals surface area contributed by atoms with Crippen molar-refractivity contribution in [1.29, 1.82) is 0 Å². The second-order valence-corrected chi connectivity index (χ2v) is 8.82. The molecule has 9 heteroatoms. The quantitative estimate of drug-likeness (QED) is 0.353. The van der Waals surface area contributed by atoms with E-state index in [-0.39, 0.29) is 0 Å². The van der Waals surface area contributed by atoms with Gasteiger partial charge in [-0.2, -0.15) is 0 Å². The van der Waals surface area contributed by atoms with Crippen LogP contribution in [-0.2, 0) is 12.2 Å². The van der Waals surface area contributed by atoms with Crippen molar-refractivity contribution >= 4 is 17.7 Å². The number of hydrogen-bond acceptors (Lipinski definition) is 8. The number of aromatic nitrogens is 5. The van der Waals surface area contributed by atoms with Gasteiger partial charge in [-0.15, -0.1) is 20.4 Å². The van der Waals surface area contributed by atoms with Crippen molar-refractivity contribution in [3.63, 3.8) is 0 Å². The van der Waals surface area contributed by atoms with E-state index in [1.54, 1.807) is 7.11 Å². The first kappa shape index (κ1) is 21.5. The molecule has 0 unspecified atom stereocenters. The van der Waals surface area contributed by atoms with Gasteiger partial charge in [-0.05, 0) is 37.0 Å². The molecule has 170 valence electrons. The third-order valence-electron chi connectivity index (χ3n) is 5.61. The lowest BCUT2D eigenvalue weighted by Gasteiger charge is -2.28. The van der Waals surface area contributed by atoms with Crippen LogP contribution in [0.4, 0.5) is 5.95 Å². The highest BCUT2D eigenvalue weighted by Crippen LogP contribution is 2.33. The van der Waals surface area contributed by atoms with Crippen LogP contribution in [0.25, 0.3) is 5.69 Å². The minimum atomic E-state index is 0.509. The van der Waals surface area contributed by atoms with Gasteiger partial charge in [0.15, 0.2) is 5.16 Å². The van der Waals surface area contributed by atoms with Crippen molar-refractivity contribution in [3.05, 3.63) is 71.9 Å². The van der Waals surface area contributed by atoms with Crippen LogP contribution in [-0.4, -0.2) is 45.2 Å². The SMILES string of the molecule is COc1ccccc1-n1c(SCc2nnc(Cc3ccccc3)o2)nnc1N1CCCCC1. The number of ether oxygens (including phenoxy) is 1. The number of anilines is 1. The van der Waals surface area contributed by atoms with Crippen molar-refractivity contribution in [2.75, 3.05) is 25.1 Å². The molecule has 0 atom stereocenters. The molecule has 4 aromatic rings. The van der Waals surface area contributed by atoms with Crippen molar-refractivity contribution in [3.8, 4) is 11.4 Å². The second kappa shape index (κ2) is 10.1. The number of nitrogens with zero attached hydrogens (tertiary/aromatic N) is 6. The summed E-state index contributed by atoms with van der Waals surface area (Å²) in [4.78, 5) is 2.30. The van der Waals surface area contributed by atoms with Crippen LogP contribution in [0, 0.1) is 0 Å². The highest BCUT2D eigenvalue weighted by atomic mass is 32.2. The first-order valence-electron chi connectivity index (χ1n) is 11.1. The summed E-state index contributed by atoms with van der Waals surface area (Å²) >= 11 is 1.53. The molecule has 1 saturated heterocycles. The maximum Gasteiger partial charge on any atom is 0.232 e. The van der Waals surface area contributed by atoms with Gasteiger partial charge in [-0.25, -0.2) is 0 Å². The lowest BCUT2D eigenvalue weighted by molar-refractivity contribution is 0.412. The van der Waals surface area contributed by atoms with E-state index in [0.717, 1.165) is 54.0 Å². The minimum Gasteiger partial charge on any atom is -0.495 e. The molecule has 8 nitrogen and oxygen atoms in total. The third kappa shape index (κ3) is 4.88. The molecule has 0 saturated carbocycles. The second-order valence-electron chi connectivity index (χ2n) is 7.88. The van der Waals surface area contributed by atoms with E-state index in [0.29, 0.717) is 24.0 Å². The summed E-state index contributed by atoms with van der Waals surface area (Å²) in [6.45, 7) is 1.95. The zero-order valence-corrected chi connectivity index (χ0v) is 19.4. The largest absolute Gasteiger partial charge is 0.495 e. The Morgan fingerprint density at radius 3 is 2.45 bits per heavy atom. The zero-order valence-electron chi connectivity index (χ0n) is 18.6. The average Bonchev–Trinajstić information content (AvgIpc) is 3.50. The molecule has 1 aliphatic rings. The Morgan fingerprint density at radius 1 is 0.879 bits per heavy atom. The molecule has 1 fully saturated rings. The monoisotopic (exact) mass is 462 g/mol. The predicted octanol–water partition coefficient (Wildman–Crippen LogP) is 4.53. The van der Waals surface area contributed by atoms with E-state index in [4.69, 9.17) is 9.15 Å². The normalized spacial score (nSPS) is 13.9. The fourth-order valence-electron chi connectivity index (χ4n) is 3.99. The maximum atomic E-state index is 5.89. The molecule has 0 bridgehead atoms. The standard InChI is InChI=1S/C24H26N6O2S/c1-31-20-13-7-6-12-19(20)30-23(29-14-8-3-9-15-29)27-28-24(30)33-17-22-26-25-21(32-22)16-18-10-4-2-5-11-18/h2,4-7,10-13H,3,8-9,14-17H2,1H3. The lowest BCUT2D eigenvalue weighted by Crippen LogP contribution is -2.31. The zero-order chi connectivity index (χ0) is 22.5. The molecule has 0 radical (unpaired) electrons. The Kier molecular flexibility index (Phi) is 6.57. The number of benzene rings is 2. The molecule has 0 amide bonds. The van der Waals surface area contributed by atoms with Gasteiger partial charge in [0.25, 0.3) is 0 Å². The summed E-state index contributed by atoms with van der Waals surface area (Å²) in [5.74, 6) is 3.31. The van der Waals surface area contributed by atoms with Crippen LogP contribution in [0.1, 0.15) is 36.6 Å². The topological polar surface area (TPSA) is 82.1 Å². The predicted molar refractivity (Wildman–Crippen MR) is 127 cm³/mol. The van der Waals surface area contributed by atoms with Gasteiger partial charge in [-0.1, -0.05) is 54.2 Å². The van der Waals surface area contributed by atoms with Crippen molar-refractivity contribution in [1.82, 2.24) is 25.0 Å². The highest BCUT2D eigenvalue weighted by Gasteiger charge is 2.23. The third-order valence-corrected chi connectivity index (χ3v) is 6.53. The number of methoxy groups -OCH3 is 1. The molecule has 0 spiro atoms. The summed E-state index contributed by atoms with van der Waals surface area (Å²) < 4.78 is 13.6. The summed E-state index contributed by atoms with van der Waals surface area (Å²) in [6.07, 6.45) is 4.19. The summed E-state index contributed by atoms with van der Waals surface area (Å²) in [5, 5.41) is 18.3. The van der Waals surface area contributed by atoms with Crippen LogP contribution in [0.15, 0.2) is 64.2 Å². The fraction of sp³-hybridized carbons (Fsp3) is 0.333. The first-order valence-corrected chi connectivity index (χ1v) is 12.1. The number of para-hydroxylation sites is 2. The minimum absolute atomic E-state index is 0.509. The van der Waals surface area contributed by atoms with Gasteiger partial charge in [0.1, 0.15) is 5.75 Å². The Bertz CT molecular complexity index is 1190. The Labute approximate surface area is 197 Å². The van der Waals surface area contributed by atoms with Gasteiger partial charge in [0.2, 0.25) is 17.7 Å². The lowest BCUT2D eigenvalue weighted by atomic mass is 10.1. The molecule has 3 heterocycles. The van der Waals surface area contributed by atoms with Crippen molar-refractivity contribution in [2.24, 2.45) is 0 Å². The number of piperidine rings is 1. The Balaban J connectivity index is 1.38. The molecule has 0 N–H and O–H groups in total. The Morgan fingerprint density at radius 2 is 1.64 bits per heavy atom. The fourth-order valence-corrected chi connectivity index (χ4v) is 4.77. The van der Waals surface area contributed by atoms with Gasteiger partial charge >= 0.3 is 0 Å². The average molecular weight is 463 g/mol. The van der Waals surface area contributed by atoms with Crippen LogP contribution in [0.5, 0.6) is 5.75 Å². The van der Waals surface area contributed by atoms with Gasteiger partial charge in [-0.3, -0.25) is 4.57 Å². The molecular weight excluding hydrogens is 436 g/mol. The van der Waals surface area contributed by atoms with E-state index in [1.165, 1.54) is 18.2 Å². The van der Waals surface area contributed by atoms with Crippen molar-refractivity contribution in [2.45, 2.75) is 36.6 Å². The van der Waals surface area contributed by atoms with E-state index in [1.807, 2.05) is 42.5 Å². The van der Waals surface area contributed by atoms with Crippen LogP contribution in [0.3, 0.4) is 0 Å². The summed E-state index contributed by atoms with van der Waals surface area (Å²) in [6, 6.07) is 18.1. The Hall–Kier alpha value is -3.33. The molecule has 2 aromatic carbocycles. The summed E-state index contributed by atoms with van der Waals surface area (Å²) in [5.41, 5.74) is 2.06. The molecule has 5 rings (SSSR count). The van der Waals surface area contributed by atoms with Crippen LogP contribution in [0.2, 0.25) is 0 Å². The van der Waals surface area contributed by atoms with Crippen molar-refractivity contribution < 1.29 is 9.15 Å². The number of rotatable bonds is 8. The number of thioether (sulfide) groups is 1. The van der Waals surface area contributed by atoms with Gasteiger partial charge < -0.3 is 14.1 Å². The van der Waals surface area contributed by atoms with Gasteiger partial charge in [0.05, 0.1) is 25.0 Å². The van der Waals surface area contributed by atoms with E-state index < -0.39 is 0 Å². The summed E-state index contributed by atoms with van der Waals surface area (Å²) in [7, 11) is 1.68. The molecule has 2 aromatic heterocycles. The highest BCUT2D eigenvalue weighted by molar-refractivity contribution is 7.98. The van der Waals surface area contributed by atoms with Gasteiger partial charge in [0, 0.05) is 13.1 Å². The molecule has 33 heavy (non-hydrogen) atoms. The molecular formula is C24H26N6O2S. The smallest absolute Gasteiger partial charge is 0.232 e. The molecule has 1 aliphatic heterocycles.